The number of carbonyl (C=O) groups is 2. The Morgan fingerprint density at radius 2 is 1.77 bits per heavy atom. The molecule has 0 aliphatic carbocycles. The molecule has 2 aromatic carbocycles. The number of hydrogen-bond acceptors (Lipinski definition) is 5. The summed E-state index contributed by atoms with van der Waals surface area (Å²) < 4.78 is 16.3. The van der Waals surface area contributed by atoms with Gasteiger partial charge in [-0.25, -0.2) is 4.79 Å². The summed E-state index contributed by atoms with van der Waals surface area (Å²) in [5, 5.41) is 3.60. The van der Waals surface area contributed by atoms with Crippen molar-refractivity contribution in [1.82, 2.24) is 0 Å². The van der Waals surface area contributed by atoms with Crippen molar-refractivity contribution in [2.45, 2.75) is 26.6 Å². The molecule has 0 unspecified atom stereocenters. The molecule has 0 aliphatic rings. The Morgan fingerprint density at radius 1 is 1.03 bits per heavy atom. The van der Waals surface area contributed by atoms with Crippen LogP contribution < -0.4 is 10.1 Å². The standard InChI is InChI=1S/C22H19Cl2NO5/c1-13(2)29-22(27)14-3-6-16(7-4-14)25-21(26)20-10-8-17(30-20)12-28-19-9-5-15(23)11-18(19)24/h3-11,13H,12H2,1-2H3,(H,25,26). The average Bonchev–Trinajstić information content (AvgIpc) is 3.16. The zero-order chi connectivity index (χ0) is 21.7. The molecule has 0 aliphatic heterocycles. The number of anilines is 1. The van der Waals surface area contributed by atoms with E-state index in [1.165, 1.54) is 0 Å². The van der Waals surface area contributed by atoms with Crippen molar-refractivity contribution < 1.29 is 23.5 Å². The summed E-state index contributed by atoms with van der Waals surface area (Å²) >= 11 is 11.9. The van der Waals surface area contributed by atoms with Crippen LogP contribution in [-0.4, -0.2) is 18.0 Å². The minimum Gasteiger partial charge on any atom is -0.484 e. The first kappa shape index (κ1) is 21.7. The molecule has 30 heavy (non-hydrogen) atoms. The number of hydrogen-bond donors (Lipinski definition) is 1. The number of amides is 1. The maximum Gasteiger partial charge on any atom is 0.338 e. The van der Waals surface area contributed by atoms with E-state index in [0.717, 1.165) is 0 Å². The van der Waals surface area contributed by atoms with E-state index in [1.54, 1.807) is 68.4 Å². The summed E-state index contributed by atoms with van der Waals surface area (Å²) in [6.45, 7) is 3.65. The molecule has 1 heterocycles. The molecule has 0 radical (unpaired) electrons. The second-order valence-corrected chi connectivity index (χ2v) is 7.46. The van der Waals surface area contributed by atoms with Gasteiger partial charge in [0.15, 0.2) is 5.76 Å². The van der Waals surface area contributed by atoms with E-state index >= 15 is 0 Å². The molecule has 0 fully saturated rings. The summed E-state index contributed by atoms with van der Waals surface area (Å²) in [5.41, 5.74) is 0.920. The first-order valence-corrected chi connectivity index (χ1v) is 9.86. The number of carbonyl (C=O) groups excluding carboxylic acids is 2. The van der Waals surface area contributed by atoms with Crippen molar-refractivity contribution in [1.29, 1.82) is 0 Å². The molecule has 3 aromatic rings. The molecule has 8 heteroatoms. The van der Waals surface area contributed by atoms with Gasteiger partial charge in [0.1, 0.15) is 18.1 Å². The number of halogens is 2. The van der Waals surface area contributed by atoms with Gasteiger partial charge in [-0.15, -0.1) is 0 Å². The van der Waals surface area contributed by atoms with E-state index < -0.39 is 11.9 Å². The van der Waals surface area contributed by atoms with E-state index in [9.17, 15) is 9.59 Å². The Hall–Kier alpha value is -2.96. The largest absolute Gasteiger partial charge is 0.484 e. The zero-order valence-electron chi connectivity index (χ0n) is 16.3. The minimum atomic E-state index is -0.428. The van der Waals surface area contributed by atoms with Gasteiger partial charge in [-0.3, -0.25) is 4.79 Å². The molecule has 6 nitrogen and oxygen atoms in total. The highest BCUT2D eigenvalue weighted by atomic mass is 35.5. The maximum absolute atomic E-state index is 12.4. The highest BCUT2D eigenvalue weighted by molar-refractivity contribution is 6.35. The lowest BCUT2D eigenvalue weighted by Gasteiger charge is -2.08. The van der Waals surface area contributed by atoms with Crippen molar-refractivity contribution in [3.8, 4) is 5.75 Å². The summed E-state index contributed by atoms with van der Waals surface area (Å²) in [5.74, 6) is 0.194. The lowest BCUT2D eigenvalue weighted by atomic mass is 10.2. The van der Waals surface area contributed by atoms with E-state index in [2.05, 4.69) is 5.32 Å². The van der Waals surface area contributed by atoms with Crippen molar-refractivity contribution >= 4 is 40.8 Å². The Balaban J connectivity index is 1.57. The Labute approximate surface area is 183 Å². The molecular weight excluding hydrogens is 429 g/mol. The lowest BCUT2D eigenvalue weighted by molar-refractivity contribution is 0.0378. The van der Waals surface area contributed by atoms with Crippen LogP contribution in [0.25, 0.3) is 0 Å². The molecule has 0 saturated carbocycles. The predicted molar refractivity (Wildman–Crippen MR) is 114 cm³/mol. The molecule has 0 atom stereocenters. The first-order valence-electron chi connectivity index (χ1n) is 9.11. The van der Waals surface area contributed by atoms with Crippen molar-refractivity contribution in [2.24, 2.45) is 0 Å². The summed E-state index contributed by atoms with van der Waals surface area (Å²) in [7, 11) is 0. The van der Waals surface area contributed by atoms with Crippen LogP contribution in [0.2, 0.25) is 10.0 Å². The van der Waals surface area contributed by atoms with Gasteiger partial charge in [0, 0.05) is 10.7 Å². The maximum atomic E-state index is 12.4. The van der Waals surface area contributed by atoms with Crippen LogP contribution in [0.1, 0.15) is 40.5 Å². The van der Waals surface area contributed by atoms with Gasteiger partial charge in [0.05, 0.1) is 16.7 Å². The van der Waals surface area contributed by atoms with Crippen LogP contribution >= 0.6 is 23.2 Å². The third kappa shape index (κ3) is 5.78. The van der Waals surface area contributed by atoms with Crippen LogP contribution in [0, 0.1) is 0 Å². The molecule has 1 N–H and O–H groups in total. The van der Waals surface area contributed by atoms with Gasteiger partial charge in [-0.2, -0.15) is 0 Å². The molecule has 0 saturated heterocycles. The molecule has 1 aromatic heterocycles. The van der Waals surface area contributed by atoms with Gasteiger partial charge in [0.25, 0.3) is 5.91 Å². The molecule has 156 valence electrons. The van der Waals surface area contributed by atoms with Gasteiger partial charge < -0.3 is 19.2 Å². The molecule has 1 amide bonds. The van der Waals surface area contributed by atoms with E-state index in [-0.39, 0.29) is 18.5 Å². The molecule has 3 rings (SSSR count). The quantitative estimate of drug-likeness (QED) is 0.450. The third-order valence-corrected chi connectivity index (χ3v) is 4.40. The van der Waals surface area contributed by atoms with Gasteiger partial charge in [0.2, 0.25) is 0 Å². The Morgan fingerprint density at radius 3 is 2.43 bits per heavy atom. The van der Waals surface area contributed by atoms with Crippen molar-refractivity contribution in [3.63, 3.8) is 0 Å². The minimum absolute atomic E-state index is 0.0985. The number of ether oxygens (including phenoxy) is 2. The highest BCUT2D eigenvalue weighted by Gasteiger charge is 2.14. The van der Waals surface area contributed by atoms with Crippen LogP contribution in [0.4, 0.5) is 5.69 Å². The molecule has 0 spiro atoms. The third-order valence-electron chi connectivity index (χ3n) is 3.87. The van der Waals surface area contributed by atoms with Gasteiger partial charge in [-0.05, 0) is 68.4 Å². The molecular formula is C22H19Cl2NO5. The van der Waals surface area contributed by atoms with E-state index in [0.29, 0.717) is 32.8 Å². The van der Waals surface area contributed by atoms with E-state index in [1.807, 2.05) is 0 Å². The zero-order valence-corrected chi connectivity index (χ0v) is 17.8. The smallest absolute Gasteiger partial charge is 0.338 e. The number of nitrogens with one attached hydrogen (secondary N) is 1. The van der Waals surface area contributed by atoms with Crippen LogP contribution in [0.3, 0.4) is 0 Å². The average molecular weight is 448 g/mol. The van der Waals surface area contributed by atoms with Crippen LogP contribution in [-0.2, 0) is 11.3 Å². The fourth-order valence-corrected chi connectivity index (χ4v) is 2.95. The summed E-state index contributed by atoms with van der Waals surface area (Å²) in [6, 6.07) is 14.5. The first-order chi connectivity index (χ1) is 14.3. The highest BCUT2D eigenvalue weighted by Crippen LogP contribution is 2.28. The number of esters is 1. The topological polar surface area (TPSA) is 77.8 Å². The number of furan rings is 1. The van der Waals surface area contributed by atoms with E-state index in [4.69, 9.17) is 37.1 Å². The summed E-state index contributed by atoms with van der Waals surface area (Å²) in [6.07, 6.45) is -0.204. The fraction of sp³-hybridized carbons (Fsp3) is 0.182. The second kappa shape index (κ2) is 9.69. The molecule has 0 bridgehead atoms. The Kier molecular flexibility index (Phi) is 7.03. The SMILES string of the molecule is CC(C)OC(=O)c1ccc(NC(=O)c2ccc(COc3ccc(Cl)cc3Cl)o2)cc1. The monoisotopic (exact) mass is 447 g/mol. The second-order valence-electron chi connectivity index (χ2n) is 6.61. The number of benzene rings is 2. The normalized spacial score (nSPS) is 10.7. The van der Waals surface area contributed by atoms with Crippen molar-refractivity contribution in [2.75, 3.05) is 5.32 Å². The van der Waals surface area contributed by atoms with Crippen molar-refractivity contribution in [3.05, 3.63) is 81.7 Å². The summed E-state index contributed by atoms with van der Waals surface area (Å²) in [4.78, 5) is 24.2. The number of rotatable bonds is 7. The lowest BCUT2D eigenvalue weighted by Crippen LogP contribution is -2.13. The fourth-order valence-electron chi connectivity index (χ4n) is 2.48. The van der Waals surface area contributed by atoms with Crippen LogP contribution in [0.15, 0.2) is 59.0 Å². The van der Waals surface area contributed by atoms with Gasteiger partial charge in [-0.1, -0.05) is 23.2 Å². The van der Waals surface area contributed by atoms with Gasteiger partial charge >= 0.3 is 5.97 Å². The van der Waals surface area contributed by atoms with Crippen LogP contribution in [0.5, 0.6) is 5.75 Å². The predicted octanol–water partition coefficient (Wildman–Crippen LogP) is 5.98. The Bertz CT molecular complexity index is 1040.